The highest BCUT2D eigenvalue weighted by Gasteiger charge is 2.12. The van der Waals surface area contributed by atoms with Gasteiger partial charge in [0, 0.05) is 23.5 Å². The third-order valence-corrected chi connectivity index (χ3v) is 4.39. The van der Waals surface area contributed by atoms with Gasteiger partial charge >= 0.3 is 12.1 Å². The Morgan fingerprint density at radius 3 is 1.80 bits per heavy atom. The van der Waals surface area contributed by atoms with Gasteiger partial charge < -0.3 is 21.3 Å². The Morgan fingerprint density at radius 2 is 1.32 bits per heavy atom. The van der Waals surface area contributed by atoms with Crippen LogP contribution in [0.25, 0.3) is 0 Å². The average molecular weight is 348 g/mol. The number of nitrogens with one attached hydrogen (secondary N) is 4. The van der Waals surface area contributed by atoms with Crippen molar-refractivity contribution in [1.29, 1.82) is 0 Å². The molecule has 0 aromatic heterocycles. The first-order valence-corrected chi connectivity index (χ1v) is 9.19. The Bertz CT molecular complexity index is 567. The molecule has 0 heterocycles. The van der Waals surface area contributed by atoms with Crippen LogP contribution < -0.4 is 21.3 Å². The van der Waals surface area contributed by atoms with Crippen LogP contribution in [0.15, 0.2) is 18.2 Å². The SMILES string of the molecule is CCC(CC)NC(=O)Nc1ccc(C)c(NC(=O)NC(CC)CC)c1. The van der Waals surface area contributed by atoms with Gasteiger partial charge in [0.05, 0.1) is 0 Å². The van der Waals surface area contributed by atoms with Crippen molar-refractivity contribution >= 4 is 23.4 Å². The Hall–Kier alpha value is -2.24. The summed E-state index contributed by atoms with van der Waals surface area (Å²) in [6.07, 6.45) is 3.56. The fourth-order valence-electron chi connectivity index (χ4n) is 2.52. The van der Waals surface area contributed by atoms with E-state index in [4.69, 9.17) is 0 Å². The van der Waals surface area contributed by atoms with Crippen LogP contribution in [0.2, 0.25) is 0 Å². The van der Waals surface area contributed by atoms with Gasteiger partial charge in [-0.2, -0.15) is 0 Å². The molecular weight excluding hydrogens is 316 g/mol. The lowest BCUT2D eigenvalue weighted by Gasteiger charge is -2.18. The molecule has 0 saturated carbocycles. The van der Waals surface area contributed by atoms with E-state index >= 15 is 0 Å². The van der Waals surface area contributed by atoms with Crippen molar-refractivity contribution in [3.63, 3.8) is 0 Å². The van der Waals surface area contributed by atoms with Crippen LogP contribution in [0.4, 0.5) is 21.0 Å². The number of benzene rings is 1. The molecule has 4 amide bonds. The maximum absolute atomic E-state index is 12.1. The minimum atomic E-state index is -0.231. The monoisotopic (exact) mass is 348 g/mol. The number of carbonyl (C=O) groups excluding carboxylic acids is 2. The first-order chi connectivity index (χ1) is 11.9. The standard InChI is InChI=1S/C19H32N4O2/c1-6-14(7-2)20-18(24)22-16-11-10-13(5)17(12-16)23-19(25)21-15(8-3)9-4/h10-12,14-15H,6-9H2,1-5H3,(H2,20,22,24)(H2,21,23,25). The minimum Gasteiger partial charge on any atom is -0.335 e. The van der Waals surface area contributed by atoms with Gasteiger partial charge in [0.1, 0.15) is 0 Å². The summed E-state index contributed by atoms with van der Waals surface area (Å²) in [7, 11) is 0. The highest BCUT2D eigenvalue weighted by molar-refractivity contribution is 5.93. The number of hydrogen-bond donors (Lipinski definition) is 4. The van der Waals surface area contributed by atoms with Gasteiger partial charge in [-0.1, -0.05) is 33.8 Å². The van der Waals surface area contributed by atoms with Crippen molar-refractivity contribution in [2.45, 2.75) is 72.4 Å². The van der Waals surface area contributed by atoms with Gasteiger partial charge in [-0.05, 0) is 50.3 Å². The summed E-state index contributed by atoms with van der Waals surface area (Å²) in [5.41, 5.74) is 2.27. The van der Waals surface area contributed by atoms with Crippen LogP contribution in [0.3, 0.4) is 0 Å². The molecule has 0 fully saturated rings. The van der Waals surface area contributed by atoms with Crippen LogP contribution in [0, 0.1) is 6.92 Å². The fourth-order valence-corrected chi connectivity index (χ4v) is 2.52. The lowest BCUT2D eigenvalue weighted by atomic mass is 10.1. The molecule has 0 atom stereocenters. The first kappa shape index (κ1) is 20.8. The van der Waals surface area contributed by atoms with Crippen molar-refractivity contribution < 1.29 is 9.59 Å². The lowest BCUT2D eigenvalue weighted by molar-refractivity contribution is 0.247. The van der Waals surface area contributed by atoms with Crippen LogP contribution in [0.1, 0.15) is 58.9 Å². The highest BCUT2D eigenvalue weighted by Crippen LogP contribution is 2.20. The molecule has 140 valence electrons. The van der Waals surface area contributed by atoms with Crippen molar-refractivity contribution in [1.82, 2.24) is 10.6 Å². The largest absolute Gasteiger partial charge is 0.335 e. The van der Waals surface area contributed by atoms with Crippen LogP contribution in [0.5, 0.6) is 0 Å². The Kier molecular flexibility index (Phi) is 8.81. The molecular formula is C19H32N4O2. The maximum Gasteiger partial charge on any atom is 0.319 e. The van der Waals surface area contributed by atoms with Gasteiger partial charge in [0.15, 0.2) is 0 Å². The Labute approximate surface area is 151 Å². The Balaban J connectivity index is 2.72. The predicted octanol–water partition coefficient (Wildman–Crippen LogP) is 4.62. The average Bonchev–Trinajstić information content (AvgIpc) is 2.60. The van der Waals surface area contributed by atoms with E-state index in [0.717, 1.165) is 31.2 Å². The van der Waals surface area contributed by atoms with Crippen LogP contribution in [-0.4, -0.2) is 24.1 Å². The van der Waals surface area contributed by atoms with E-state index < -0.39 is 0 Å². The summed E-state index contributed by atoms with van der Waals surface area (Å²) < 4.78 is 0. The third kappa shape index (κ3) is 7.03. The maximum atomic E-state index is 12.1. The van der Waals surface area contributed by atoms with Crippen LogP contribution >= 0.6 is 0 Å². The second kappa shape index (κ2) is 10.6. The van der Waals surface area contributed by atoms with Crippen molar-refractivity contribution in [2.75, 3.05) is 10.6 Å². The summed E-state index contributed by atoms with van der Waals surface area (Å²) in [6, 6.07) is 5.33. The predicted molar refractivity (Wildman–Crippen MR) is 104 cm³/mol. The summed E-state index contributed by atoms with van der Waals surface area (Å²) in [6.45, 7) is 10.1. The molecule has 4 N–H and O–H groups in total. The molecule has 0 unspecified atom stereocenters. The van der Waals surface area contributed by atoms with Gasteiger partial charge in [0.2, 0.25) is 0 Å². The molecule has 0 saturated heterocycles. The molecule has 1 aromatic carbocycles. The van der Waals surface area contributed by atoms with E-state index in [-0.39, 0.29) is 24.1 Å². The number of aryl methyl sites for hydroxylation is 1. The molecule has 1 aromatic rings. The molecule has 0 spiro atoms. The van der Waals surface area contributed by atoms with Crippen molar-refractivity contribution in [3.8, 4) is 0 Å². The van der Waals surface area contributed by atoms with Crippen molar-refractivity contribution in [2.24, 2.45) is 0 Å². The fraction of sp³-hybridized carbons (Fsp3) is 0.579. The molecule has 25 heavy (non-hydrogen) atoms. The molecule has 0 aliphatic rings. The number of rotatable bonds is 8. The summed E-state index contributed by atoms with van der Waals surface area (Å²) in [5.74, 6) is 0. The number of carbonyl (C=O) groups is 2. The number of amides is 4. The number of urea groups is 2. The molecule has 0 aliphatic carbocycles. The smallest absolute Gasteiger partial charge is 0.319 e. The molecule has 1 rings (SSSR count). The zero-order valence-corrected chi connectivity index (χ0v) is 16.0. The highest BCUT2D eigenvalue weighted by atomic mass is 16.2. The van der Waals surface area contributed by atoms with Gasteiger partial charge in [0.25, 0.3) is 0 Å². The van der Waals surface area contributed by atoms with E-state index in [2.05, 4.69) is 21.3 Å². The molecule has 0 bridgehead atoms. The topological polar surface area (TPSA) is 82.3 Å². The van der Waals surface area contributed by atoms with E-state index in [1.807, 2.05) is 46.8 Å². The second-order valence-electron chi connectivity index (χ2n) is 6.25. The van der Waals surface area contributed by atoms with Gasteiger partial charge in [-0.3, -0.25) is 0 Å². The summed E-state index contributed by atoms with van der Waals surface area (Å²) >= 11 is 0. The van der Waals surface area contributed by atoms with E-state index in [1.54, 1.807) is 6.07 Å². The van der Waals surface area contributed by atoms with E-state index in [9.17, 15) is 9.59 Å². The summed E-state index contributed by atoms with van der Waals surface area (Å²) in [5, 5.41) is 11.6. The molecule has 6 heteroatoms. The van der Waals surface area contributed by atoms with Crippen LogP contribution in [-0.2, 0) is 0 Å². The third-order valence-electron chi connectivity index (χ3n) is 4.39. The van der Waals surface area contributed by atoms with E-state index in [0.29, 0.717) is 11.4 Å². The van der Waals surface area contributed by atoms with Gasteiger partial charge in [-0.15, -0.1) is 0 Å². The summed E-state index contributed by atoms with van der Waals surface area (Å²) in [4.78, 5) is 24.2. The number of hydrogen-bond acceptors (Lipinski definition) is 2. The quantitative estimate of drug-likeness (QED) is 0.553. The normalized spacial score (nSPS) is 10.7. The first-order valence-electron chi connectivity index (χ1n) is 9.19. The minimum absolute atomic E-state index is 0.160. The zero-order chi connectivity index (χ0) is 18.8. The van der Waals surface area contributed by atoms with E-state index in [1.165, 1.54) is 0 Å². The molecule has 6 nitrogen and oxygen atoms in total. The molecule has 0 aliphatic heterocycles. The van der Waals surface area contributed by atoms with Gasteiger partial charge in [-0.25, -0.2) is 9.59 Å². The number of anilines is 2. The Morgan fingerprint density at radius 1 is 0.840 bits per heavy atom. The lowest BCUT2D eigenvalue weighted by Crippen LogP contribution is -2.37. The van der Waals surface area contributed by atoms with Crippen molar-refractivity contribution in [3.05, 3.63) is 23.8 Å². The second-order valence-corrected chi connectivity index (χ2v) is 6.25. The zero-order valence-electron chi connectivity index (χ0n) is 16.0. The molecule has 0 radical (unpaired) electrons.